The monoisotopic (exact) mass is 370 g/mol. The van der Waals surface area contributed by atoms with Crippen molar-refractivity contribution in [1.29, 1.82) is 0 Å². The zero-order valence-corrected chi connectivity index (χ0v) is 16.1. The lowest BCUT2D eigenvalue weighted by Crippen LogP contribution is -2.23. The molecule has 2 aromatic carbocycles. The average molecular weight is 370 g/mol. The van der Waals surface area contributed by atoms with Crippen molar-refractivity contribution in [2.75, 3.05) is 7.11 Å². The first-order valence-corrected chi connectivity index (χ1v) is 10.3. The van der Waals surface area contributed by atoms with Gasteiger partial charge in [0.2, 0.25) is 0 Å². The first-order chi connectivity index (χ1) is 13.4. The van der Waals surface area contributed by atoms with Crippen LogP contribution in [0.5, 0.6) is 0 Å². The van der Waals surface area contributed by atoms with E-state index in [2.05, 4.69) is 84.9 Å². The summed E-state index contributed by atoms with van der Waals surface area (Å²) in [5.41, 5.74) is 2.25. The van der Waals surface area contributed by atoms with Crippen LogP contribution in [-0.4, -0.2) is 12.1 Å². The SMILES string of the molecule is CO[C@H]([C]1[CH][CH][CH][C]1P(c1ccccc1)c1ccccc1)c1ccccn1. The molecule has 0 aliphatic heterocycles. The van der Waals surface area contributed by atoms with Crippen molar-refractivity contribution in [2.45, 2.75) is 6.10 Å². The Morgan fingerprint density at radius 3 is 1.96 bits per heavy atom. The second-order valence-corrected chi connectivity index (χ2v) is 8.43. The third-order valence-corrected chi connectivity index (χ3v) is 7.09. The van der Waals surface area contributed by atoms with Crippen molar-refractivity contribution in [1.82, 2.24) is 4.98 Å². The molecule has 3 heteroatoms. The Bertz CT molecular complexity index is 785. The molecular weight excluding hydrogens is 349 g/mol. The van der Waals surface area contributed by atoms with Gasteiger partial charge in [0.1, 0.15) is 6.10 Å². The zero-order valence-electron chi connectivity index (χ0n) is 15.2. The maximum Gasteiger partial charge on any atom is 0.107 e. The van der Waals surface area contributed by atoms with Gasteiger partial charge in [0, 0.05) is 24.9 Å². The van der Waals surface area contributed by atoms with Gasteiger partial charge >= 0.3 is 0 Å². The summed E-state index contributed by atoms with van der Waals surface area (Å²) in [5, 5.41) is 2.67. The third kappa shape index (κ3) is 3.98. The Labute approximate surface area is 163 Å². The molecule has 5 radical (unpaired) electrons. The molecule has 1 heterocycles. The van der Waals surface area contributed by atoms with E-state index in [1.165, 1.54) is 22.2 Å². The highest BCUT2D eigenvalue weighted by Crippen LogP contribution is 2.59. The van der Waals surface area contributed by atoms with Gasteiger partial charge < -0.3 is 4.74 Å². The van der Waals surface area contributed by atoms with E-state index in [4.69, 9.17) is 4.74 Å². The van der Waals surface area contributed by atoms with Crippen LogP contribution in [0.1, 0.15) is 11.8 Å². The van der Waals surface area contributed by atoms with Crippen LogP contribution in [-0.2, 0) is 4.74 Å². The molecule has 1 fully saturated rings. The van der Waals surface area contributed by atoms with Gasteiger partial charge in [0.15, 0.2) is 0 Å². The molecule has 1 saturated carbocycles. The summed E-state index contributed by atoms with van der Waals surface area (Å²) in [5.74, 6) is 1.19. The molecule has 133 valence electrons. The van der Waals surface area contributed by atoms with Crippen LogP contribution in [0.25, 0.3) is 0 Å². The fraction of sp³-hybridized carbons (Fsp3) is 0.0833. The van der Waals surface area contributed by atoms with E-state index in [-0.39, 0.29) is 6.10 Å². The number of ether oxygens (including phenoxy) is 1. The second-order valence-electron chi connectivity index (χ2n) is 6.24. The first kappa shape index (κ1) is 18.3. The van der Waals surface area contributed by atoms with Gasteiger partial charge in [0.05, 0.1) is 5.69 Å². The Morgan fingerprint density at radius 2 is 1.41 bits per heavy atom. The van der Waals surface area contributed by atoms with Gasteiger partial charge in [-0.3, -0.25) is 4.98 Å². The van der Waals surface area contributed by atoms with Crippen molar-refractivity contribution in [3.05, 3.63) is 122 Å². The summed E-state index contributed by atoms with van der Waals surface area (Å²) < 4.78 is 5.89. The number of benzene rings is 2. The van der Waals surface area contributed by atoms with Crippen LogP contribution in [0, 0.1) is 30.8 Å². The van der Waals surface area contributed by atoms with Gasteiger partial charge in [-0.25, -0.2) is 0 Å². The Kier molecular flexibility index (Phi) is 5.97. The highest BCUT2D eigenvalue weighted by molar-refractivity contribution is 7.76. The minimum Gasteiger partial charge on any atom is -0.374 e. The number of hydrogen-bond acceptors (Lipinski definition) is 2. The predicted molar refractivity (Wildman–Crippen MR) is 112 cm³/mol. The molecule has 1 atom stereocenters. The molecule has 1 aliphatic carbocycles. The van der Waals surface area contributed by atoms with Gasteiger partial charge in [0.25, 0.3) is 0 Å². The summed E-state index contributed by atoms with van der Waals surface area (Å²) >= 11 is 0. The number of pyridine rings is 1. The number of aromatic nitrogens is 1. The number of methoxy groups -OCH3 is 1. The van der Waals surface area contributed by atoms with E-state index >= 15 is 0 Å². The molecule has 27 heavy (non-hydrogen) atoms. The summed E-state index contributed by atoms with van der Waals surface area (Å²) in [4.78, 5) is 4.53. The Morgan fingerprint density at radius 1 is 0.778 bits per heavy atom. The smallest absolute Gasteiger partial charge is 0.107 e. The van der Waals surface area contributed by atoms with Crippen LogP contribution in [0.3, 0.4) is 0 Å². The highest BCUT2D eigenvalue weighted by Gasteiger charge is 2.42. The van der Waals surface area contributed by atoms with E-state index in [1.54, 1.807) is 7.11 Å². The van der Waals surface area contributed by atoms with E-state index in [9.17, 15) is 0 Å². The molecule has 0 N–H and O–H groups in total. The minimum absolute atomic E-state index is 0.173. The Balaban J connectivity index is 1.73. The highest BCUT2D eigenvalue weighted by atomic mass is 31.1. The fourth-order valence-corrected chi connectivity index (χ4v) is 5.85. The molecule has 0 amide bonds. The molecule has 2 nitrogen and oxygen atoms in total. The molecular formula is C24H21NOP. The zero-order chi connectivity index (χ0) is 18.5. The lowest BCUT2D eigenvalue weighted by molar-refractivity contribution is 0.117. The third-order valence-electron chi connectivity index (χ3n) is 4.57. The van der Waals surface area contributed by atoms with Crippen molar-refractivity contribution in [3.8, 4) is 0 Å². The lowest BCUT2D eigenvalue weighted by Gasteiger charge is -2.32. The van der Waals surface area contributed by atoms with E-state index < -0.39 is 7.92 Å². The van der Waals surface area contributed by atoms with Crippen molar-refractivity contribution in [2.24, 2.45) is 0 Å². The average Bonchev–Trinajstić information content (AvgIpc) is 3.20. The van der Waals surface area contributed by atoms with Gasteiger partial charge in [-0.15, -0.1) is 0 Å². The molecule has 3 aromatic rings. The molecule has 0 saturated heterocycles. The molecule has 1 aliphatic rings. The summed E-state index contributed by atoms with van der Waals surface area (Å²) in [7, 11) is 1.09. The maximum atomic E-state index is 5.89. The molecule has 0 bridgehead atoms. The first-order valence-electron chi connectivity index (χ1n) is 8.98. The van der Waals surface area contributed by atoms with Gasteiger partial charge in [-0.05, 0) is 49.9 Å². The number of nitrogens with zero attached hydrogens (tertiary/aromatic N) is 1. The number of rotatable bonds is 6. The Hall–Kier alpha value is -2.02. The summed E-state index contributed by atoms with van der Waals surface area (Å²) in [6.07, 6.45) is 8.17. The largest absolute Gasteiger partial charge is 0.374 e. The van der Waals surface area contributed by atoms with E-state index in [1.807, 2.05) is 24.4 Å². The van der Waals surface area contributed by atoms with E-state index in [0.717, 1.165) is 5.69 Å². The summed E-state index contributed by atoms with van der Waals surface area (Å²) in [6, 6.07) is 27.4. The van der Waals surface area contributed by atoms with Crippen LogP contribution < -0.4 is 10.6 Å². The summed E-state index contributed by atoms with van der Waals surface area (Å²) in [6.45, 7) is 0. The van der Waals surface area contributed by atoms with Crippen molar-refractivity contribution in [3.63, 3.8) is 0 Å². The van der Waals surface area contributed by atoms with Gasteiger partial charge in [-0.2, -0.15) is 0 Å². The second kappa shape index (κ2) is 8.78. The molecule has 4 rings (SSSR count). The molecule has 0 spiro atoms. The standard InChI is InChI=1S/C24H21NOP/c1-26-24(22-16-8-9-18-25-22)21-15-10-17-23(21)27(19-11-4-2-5-12-19)20-13-6-3-7-14-20/h2-18,24H,1H3/t24-/m1/s1. The quantitative estimate of drug-likeness (QED) is 0.590. The van der Waals surface area contributed by atoms with Crippen LogP contribution in [0.2, 0.25) is 0 Å². The van der Waals surface area contributed by atoms with Crippen molar-refractivity contribution >= 4 is 18.5 Å². The topological polar surface area (TPSA) is 22.1 Å². The van der Waals surface area contributed by atoms with Crippen LogP contribution >= 0.6 is 7.92 Å². The van der Waals surface area contributed by atoms with Crippen LogP contribution in [0.15, 0.2) is 85.1 Å². The predicted octanol–water partition coefficient (Wildman–Crippen LogP) is 4.63. The molecule has 1 aromatic heterocycles. The molecule has 0 unspecified atom stereocenters. The normalized spacial score (nSPS) is 16.7. The van der Waals surface area contributed by atoms with Gasteiger partial charge in [-0.1, -0.05) is 66.7 Å². The fourth-order valence-electron chi connectivity index (χ4n) is 3.37. The minimum atomic E-state index is -0.666. The van der Waals surface area contributed by atoms with E-state index in [0.29, 0.717) is 0 Å². The maximum absolute atomic E-state index is 5.89. The van der Waals surface area contributed by atoms with Crippen LogP contribution in [0.4, 0.5) is 0 Å². The lowest BCUT2D eigenvalue weighted by atomic mass is 9.97. The van der Waals surface area contributed by atoms with Crippen molar-refractivity contribution < 1.29 is 4.74 Å². The number of hydrogen-bond donors (Lipinski definition) is 0.